The molecule has 6 heteroatoms. The van der Waals surface area contributed by atoms with Crippen LogP contribution >= 0.6 is 11.3 Å². The summed E-state index contributed by atoms with van der Waals surface area (Å²) in [6.07, 6.45) is 1.50. The molecule has 2 aliphatic heterocycles. The van der Waals surface area contributed by atoms with Crippen LogP contribution in [-0.4, -0.2) is 48.5 Å². The molecule has 19 heavy (non-hydrogen) atoms. The number of hydrogen-bond acceptors (Lipinski definition) is 5. The summed E-state index contributed by atoms with van der Waals surface area (Å²) in [5, 5.41) is 4.49. The molecule has 1 saturated heterocycles. The fraction of sp³-hybridized carbons (Fsp3) is 0.692. The normalized spacial score (nSPS) is 19.4. The summed E-state index contributed by atoms with van der Waals surface area (Å²) in [4.78, 5) is 22.1. The zero-order valence-electron chi connectivity index (χ0n) is 11.3. The van der Waals surface area contributed by atoms with Gasteiger partial charge in [0.2, 0.25) is 5.91 Å². The lowest BCUT2D eigenvalue weighted by Crippen LogP contribution is -2.43. The molecule has 0 saturated carbocycles. The first-order chi connectivity index (χ1) is 9.28. The number of fused-ring (bicyclic) bond motifs is 1. The maximum Gasteiger partial charge on any atom is 0.222 e. The van der Waals surface area contributed by atoms with Crippen LogP contribution in [0.2, 0.25) is 0 Å². The maximum atomic E-state index is 11.8. The molecule has 1 amide bonds. The number of aromatic nitrogens is 1. The topological polar surface area (TPSA) is 48.5 Å². The van der Waals surface area contributed by atoms with Crippen molar-refractivity contribution >= 4 is 22.4 Å². The van der Waals surface area contributed by atoms with Crippen LogP contribution in [0.1, 0.15) is 23.9 Å². The van der Waals surface area contributed by atoms with Crippen molar-refractivity contribution < 1.29 is 4.79 Å². The van der Waals surface area contributed by atoms with E-state index in [-0.39, 0.29) is 5.91 Å². The molecule has 1 N–H and O–H groups in total. The number of nitrogens with one attached hydrogen (secondary N) is 1. The smallest absolute Gasteiger partial charge is 0.222 e. The highest BCUT2D eigenvalue weighted by molar-refractivity contribution is 7.15. The molecule has 3 heterocycles. The van der Waals surface area contributed by atoms with Gasteiger partial charge in [0.25, 0.3) is 0 Å². The van der Waals surface area contributed by atoms with Crippen molar-refractivity contribution in [1.29, 1.82) is 0 Å². The summed E-state index contributed by atoms with van der Waals surface area (Å²) in [5.74, 6) is 0.253. The largest absolute Gasteiger partial charge is 0.346 e. The molecule has 0 atom stereocenters. The number of piperazine rings is 1. The van der Waals surface area contributed by atoms with Gasteiger partial charge in [-0.1, -0.05) is 18.3 Å². The lowest BCUT2D eigenvalue weighted by Gasteiger charge is -2.26. The third-order valence-electron chi connectivity index (χ3n) is 3.76. The number of thiazole rings is 1. The van der Waals surface area contributed by atoms with Crippen LogP contribution < -0.4 is 10.2 Å². The van der Waals surface area contributed by atoms with Crippen molar-refractivity contribution in [2.24, 2.45) is 0 Å². The number of amides is 1. The molecule has 1 aromatic rings. The van der Waals surface area contributed by atoms with Gasteiger partial charge in [-0.15, -0.1) is 0 Å². The van der Waals surface area contributed by atoms with Gasteiger partial charge >= 0.3 is 0 Å². The van der Waals surface area contributed by atoms with E-state index in [0.29, 0.717) is 6.42 Å². The summed E-state index contributed by atoms with van der Waals surface area (Å²) in [6.45, 7) is 7.64. The van der Waals surface area contributed by atoms with E-state index in [4.69, 9.17) is 4.98 Å². The average molecular weight is 280 g/mol. The van der Waals surface area contributed by atoms with E-state index in [1.807, 2.05) is 11.8 Å². The van der Waals surface area contributed by atoms with Crippen molar-refractivity contribution in [2.75, 3.05) is 37.6 Å². The van der Waals surface area contributed by atoms with Crippen LogP contribution in [0.25, 0.3) is 0 Å². The van der Waals surface area contributed by atoms with E-state index < -0.39 is 0 Å². The highest BCUT2D eigenvalue weighted by atomic mass is 32.1. The zero-order valence-corrected chi connectivity index (χ0v) is 12.1. The zero-order chi connectivity index (χ0) is 13.2. The maximum absolute atomic E-state index is 11.8. The van der Waals surface area contributed by atoms with Gasteiger partial charge in [-0.25, -0.2) is 4.98 Å². The fourth-order valence-corrected chi connectivity index (χ4v) is 3.78. The third-order valence-corrected chi connectivity index (χ3v) is 4.91. The second-order valence-corrected chi connectivity index (χ2v) is 6.08. The molecule has 0 aromatic carbocycles. The van der Waals surface area contributed by atoms with Gasteiger partial charge in [0.15, 0.2) is 5.13 Å². The lowest BCUT2D eigenvalue weighted by molar-refractivity contribution is -0.131. The van der Waals surface area contributed by atoms with E-state index >= 15 is 0 Å². The number of hydrogen-bond donors (Lipinski definition) is 1. The number of rotatable bonds is 2. The van der Waals surface area contributed by atoms with Gasteiger partial charge in [0.05, 0.1) is 12.2 Å². The van der Waals surface area contributed by atoms with Crippen LogP contribution in [-0.2, 0) is 17.8 Å². The van der Waals surface area contributed by atoms with Crippen LogP contribution in [0.4, 0.5) is 5.13 Å². The minimum Gasteiger partial charge on any atom is -0.346 e. The molecule has 0 unspecified atom stereocenters. The molecule has 3 rings (SSSR count). The van der Waals surface area contributed by atoms with Crippen LogP contribution in [0, 0.1) is 0 Å². The van der Waals surface area contributed by atoms with Crippen molar-refractivity contribution in [3.63, 3.8) is 0 Å². The van der Waals surface area contributed by atoms with Gasteiger partial charge in [-0.05, 0) is 0 Å². The Balaban J connectivity index is 1.74. The van der Waals surface area contributed by atoms with Gasteiger partial charge in [-0.2, -0.15) is 0 Å². The Hall–Kier alpha value is -1.14. The summed E-state index contributed by atoms with van der Waals surface area (Å²) >= 11 is 1.77. The van der Waals surface area contributed by atoms with Gasteiger partial charge in [-0.3, -0.25) is 4.79 Å². The van der Waals surface area contributed by atoms with Crippen LogP contribution in [0.15, 0.2) is 0 Å². The number of carbonyl (C=O) groups excluding carboxylic acids is 1. The first-order valence-corrected chi connectivity index (χ1v) is 7.81. The van der Waals surface area contributed by atoms with Gasteiger partial charge in [0, 0.05) is 50.4 Å². The number of nitrogens with zero attached hydrogens (tertiary/aromatic N) is 3. The van der Waals surface area contributed by atoms with Crippen LogP contribution in [0.5, 0.6) is 0 Å². The highest BCUT2D eigenvalue weighted by Gasteiger charge is 2.25. The van der Waals surface area contributed by atoms with Crippen molar-refractivity contribution in [3.8, 4) is 0 Å². The van der Waals surface area contributed by atoms with Crippen molar-refractivity contribution in [2.45, 2.75) is 26.3 Å². The quantitative estimate of drug-likeness (QED) is 0.872. The lowest BCUT2D eigenvalue weighted by atomic mass is 10.1. The Bertz CT molecular complexity index is 467. The summed E-state index contributed by atoms with van der Waals surface area (Å²) in [5.41, 5.74) is 1.21. The Kier molecular flexibility index (Phi) is 3.70. The summed E-state index contributed by atoms with van der Waals surface area (Å²) < 4.78 is 0. The Morgan fingerprint density at radius 3 is 2.89 bits per heavy atom. The summed E-state index contributed by atoms with van der Waals surface area (Å²) in [6, 6.07) is 0. The minimum absolute atomic E-state index is 0.253. The molecule has 0 radical (unpaired) electrons. The van der Waals surface area contributed by atoms with E-state index in [0.717, 1.165) is 50.8 Å². The van der Waals surface area contributed by atoms with E-state index in [1.54, 1.807) is 11.3 Å². The molecule has 0 bridgehead atoms. The molecule has 2 aliphatic rings. The van der Waals surface area contributed by atoms with E-state index in [9.17, 15) is 4.79 Å². The van der Waals surface area contributed by atoms with Crippen molar-refractivity contribution in [3.05, 3.63) is 10.6 Å². The Labute approximate surface area is 117 Å². The summed E-state index contributed by atoms with van der Waals surface area (Å²) in [7, 11) is 0. The van der Waals surface area contributed by atoms with Gasteiger partial charge < -0.3 is 15.1 Å². The molecule has 1 fully saturated rings. The predicted molar refractivity (Wildman–Crippen MR) is 76.6 cm³/mol. The first kappa shape index (κ1) is 12.9. The third kappa shape index (κ3) is 2.60. The van der Waals surface area contributed by atoms with E-state index in [2.05, 4.69) is 10.2 Å². The second-order valence-electron chi connectivity index (χ2n) is 5.02. The number of carbonyl (C=O) groups is 1. The first-order valence-electron chi connectivity index (χ1n) is 7.00. The highest BCUT2D eigenvalue weighted by Crippen LogP contribution is 2.30. The van der Waals surface area contributed by atoms with Crippen molar-refractivity contribution in [1.82, 2.24) is 15.2 Å². The van der Waals surface area contributed by atoms with Gasteiger partial charge in [0.1, 0.15) is 0 Å². The van der Waals surface area contributed by atoms with E-state index in [1.165, 1.54) is 10.6 Å². The monoisotopic (exact) mass is 280 g/mol. The Morgan fingerprint density at radius 1 is 1.37 bits per heavy atom. The molecule has 104 valence electrons. The average Bonchev–Trinajstić information content (AvgIpc) is 2.90. The Morgan fingerprint density at radius 2 is 2.16 bits per heavy atom. The molecule has 0 spiro atoms. The van der Waals surface area contributed by atoms with Crippen LogP contribution in [0.3, 0.4) is 0 Å². The molecule has 1 aromatic heterocycles. The molecule has 5 nitrogen and oxygen atoms in total. The predicted octanol–water partition coefficient (Wildman–Crippen LogP) is 0.847. The fourth-order valence-electron chi connectivity index (χ4n) is 2.61. The molecule has 0 aliphatic carbocycles. The number of anilines is 1. The SMILES string of the molecule is CCC(=O)N1CCc2nc(N3CCNCC3)sc2C1. The standard InChI is InChI=1S/C13H20N4OS/c1-2-12(18)17-6-3-10-11(9-17)19-13(15-10)16-7-4-14-5-8-16/h14H,2-9H2,1H3. The molecular weight excluding hydrogens is 260 g/mol. The minimum atomic E-state index is 0.253. The molecular formula is C13H20N4OS. The second kappa shape index (κ2) is 5.46.